The Labute approximate surface area is 162 Å². The highest BCUT2D eigenvalue weighted by Gasteiger charge is 2.57. The molecule has 3 heterocycles. The molecule has 2 aliphatic rings. The Kier molecular flexibility index (Phi) is 5.10. The highest BCUT2D eigenvalue weighted by molar-refractivity contribution is 5.19. The molecule has 27 heavy (non-hydrogen) atoms. The minimum atomic E-state index is -0.221. The number of aryl methyl sites for hydroxylation is 1. The van der Waals surface area contributed by atoms with E-state index in [9.17, 15) is 5.11 Å². The molecule has 2 aliphatic heterocycles. The maximum absolute atomic E-state index is 10.5. The summed E-state index contributed by atoms with van der Waals surface area (Å²) < 4.78 is 2.12. The lowest BCUT2D eigenvalue weighted by atomic mass is 9.77. The van der Waals surface area contributed by atoms with Gasteiger partial charge in [0.1, 0.15) is 5.82 Å². The Hall–Kier alpha value is -1.69. The molecule has 4 rings (SSSR count). The predicted molar refractivity (Wildman–Crippen MR) is 107 cm³/mol. The van der Waals surface area contributed by atoms with Crippen molar-refractivity contribution in [3.63, 3.8) is 0 Å². The van der Waals surface area contributed by atoms with Crippen LogP contribution in [0.3, 0.4) is 0 Å². The van der Waals surface area contributed by atoms with Crippen LogP contribution in [0.5, 0.6) is 0 Å². The number of aliphatic hydroxyl groups is 1. The molecule has 2 N–H and O–H groups in total. The van der Waals surface area contributed by atoms with Crippen molar-refractivity contribution >= 4 is 0 Å². The molecule has 4 atom stereocenters. The molecular formula is C22H32N4O. The Balaban J connectivity index is 1.62. The van der Waals surface area contributed by atoms with E-state index in [1.165, 1.54) is 5.56 Å². The number of likely N-dealkylation sites (tertiary alicyclic amines) is 1. The van der Waals surface area contributed by atoms with Gasteiger partial charge in [-0.3, -0.25) is 10.2 Å². The van der Waals surface area contributed by atoms with Gasteiger partial charge in [-0.15, -0.1) is 0 Å². The number of imidazole rings is 1. The van der Waals surface area contributed by atoms with Gasteiger partial charge in [0, 0.05) is 50.5 Å². The SMILES string of the molecule is CC(C)C[C@@]1(CO)N[C@H](c2nccn2C)[C@@H]2CN(Cc3ccccc3)C[C@@H]21. The Morgan fingerprint density at radius 1 is 1.26 bits per heavy atom. The summed E-state index contributed by atoms with van der Waals surface area (Å²) in [7, 11) is 2.07. The first kappa shape index (κ1) is 18.7. The van der Waals surface area contributed by atoms with E-state index in [0.717, 1.165) is 31.9 Å². The lowest BCUT2D eigenvalue weighted by Gasteiger charge is -2.36. The number of aromatic nitrogens is 2. The van der Waals surface area contributed by atoms with Gasteiger partial charge < -0.3 is 9.67 Å². The summed E-state index contributed by atoms with van der Waals surface area (Å²) in [6.07, 6.45) is 4.89. The molecule has 0 radical (unpaired) electrons. The van der Waals surface area contributed by atoms with Crippen LogP contribution in [0.2, 0.25) is 0 Å². The minimum absolute atomic E-state index is 0.187. The number of aliphatic hydroxyl groups excluding tert-OH is 1. The quantitative estimate of drug-likeness (QED) is 0.823. The maximum Gasteiger partial charge on any atom is 0.125 e. The molecule has 0 bridgehead atoms. The van der Waals surface area contributed by atoms with Gasteiger partial charge in [0.25, 0.3) is 0 Å². The minimum Gasteiger partial charge on any atom is -0.394 e. The molecule has 1 aromatic carbocycles. The van der Waals surface area contributed by atoms with E-state index < -0.39 is 0 Å². The van der Waals surface area contributed by atoms with Gasteiger partial charge in [-0.2, -0.15) is 0 Å². The number of nitrogens with zero attached hydrogens (tertiary/aromatic N) is 3. The lowest BCUT2D eigenvalue weighted by molar-refractivity contribution is 0.106. The van der Waals surface area contributed by atoms with Crippen LogP contribution in [0, 0.1) is 17.8 Å². The molecule has 5 nitrogen and oxygen atoms in total. The van der Waals surface area contributed by atoms with Crippen LogP contribution in [-0.2, 0) is 13.6 Å². The number of hydrogen-bond donors (Lipinski definition) is 2. The molecule has 0 amide bonds. The van der Waals surface area contributed by atoms with Gasteiger partial charge >= 0.3 is 0 Å². The van der Waals surface area contributed by atoms with Crippen LogP contribution in [-0.4, -0.2) is 44.8 Å². The molecule has 0 aliphatic carbocycles. The summed E-state index contributed by atoms with van der Waals surface area (Å²) in [4.78, 5) is 7.21. The molecular weight excluding hydrogens is 336 g/mol. The van der Waals surface area contributed by atoms with Crippen molar-refractivity contribution in [3.8, 4) is 0 Å². The maximum atomic E-state index is 10.5. The van der Waals surface area contributed by atoms with Gasteiger partial charge in [0.2, 0.25) is 0 Å². The Morgan fingerprint density at radius 3 is 2.67 bits per heavy atom. The molecule has 2 saturated heterocycles. The van der Waals surface area contributed by atoms with E-state index in [4.69, 9.17) is 0 Å². The van der Waals surface area contributed by atoms with Crippen LogP contribution in [0.4, 0.5) is 0 Å². The van der Waals surface area contributed by atoms with E-state index in [1.54, 1.807) is 0 Å². The lowest BCUT2D eigenvalue weighted by Crippen LogP contribution is -2.51. The largest absolute Gasteiger partial charge is 0.394 e. The molecule has 0 saturated carbocycles. The normalized spacial score (nSPS) is 30.9. The zero-order valence-electron chi connectivity index (χ0n) is 16.7. The highest BCUT2D eigenvalue weighted by Crippen LogP contribution is 2.49. The van der Waals surface area contributed by atoms with E-state index in [-0.39, 0.29) is 18.2 Å². The second kappa shape index (κ2) is 7.38. The number of hydrogen-bond acceptors (Lipinski definition) is 4. The fourth-order valence-corrected chi connectivity index (χ4v) is 5.43. The fraction of sp³-hybridized carbons (Fsp3) is 0.591. The first-order chi connectivity index (χ1) is 13.0. The van der Waals surface area contributed by atoms with E-state index in [2.05, 4.69) is 71.0 Å². The van der Waals surface area contributed by atoms with Crippen molar-refractivity contribution in [1.82, 2.24) is 19.8 Å². The third-order valence-corrected chi connectivity index (χ3v) is 6.46. The highest BCUT2D eigenvalue weighted by atomic mass is 16.3. The Bertz CT molecular complexity index is 759. The van der Waals surface area contributed by atoms with Gasteiger partial charge in [-0.1, -0.05) is 44.2 Å². The van der Waals surface area contributed by atoms with Crippen LogP contribution < -0.4 is 5.32 Å². The molecule has 0 unspecified atom stereocenters. The summed E-state index contributed by atoms with van der Waals surface area (Å²) in [6.45, 7) is 7.74. The third-order valence-electron chi connectivity index (χ3n) is 6.46. The second-order valence-electron chi connectivity index (χ2n) is 8.88. The standard InChI is InChI=1S/C22H32N4O/c1-16(2)11-22(15-27)19-14-26(12-17-7-5-4-6-8-17)13-18(19)20(24-22)21-23-9-10-25(21)3/h4-10,16,18-20,24,27H,11-15H2,1-3H3/t18-,19+,20+,22+/m1/s1. The second-order valence-corrected chi connectivity index (χ2v) is 8.88. The molecule has 1 aromatic heterocycles. The van der Waals surface area contributed by atoms with E-state index in [0.29, 0.717) is 17.8 Å². The molecule has 146 valence electrons. The van der Waals surface area contributed by atoms with Crippen molar-refractivity contribution < 1.29 is 5.11 Å². The van der Waals surface area contributed by atoms with Gasteiger partial charge in [0.15, 0.2) is 0 Å². The summed E-state index contributed by atoms with van der Waals surface area (Å²) >= 11 is 0. The molecule has 0 spiro atoms. The Morgan fingerprint density at radius 2 is 2.04 bits per heavy atom. The zero-order valence-corrected chi connectivity index (χ0v) is 16.7. The molecule has 2 aromatic rings. The predicted octanol–water partition coefficient (Wildman–Crippen LogP) is 2.59. The van der Waals surface area contributed by atoms with Gasteiger partial charge in [-0.05, 0) is 23.8 Å². The van der Waals surface area contributed by atoms with Crippen LogP contribution >= 0.6 is 0 Å². The number of rotatable bonds is 6. The number of nitrogens with one attached hydrogen (secondary N) is 1. The van der Waals surface area contributed by atoms with Crippen LogP contribution in [0.25, 0.3) is 0 Å². The summed E-state index contributed by atoms with van der Waals surface area (Å²) in [6, 6.07) is 10.9. The van der Waals surface area contributed by atoms with E-state index >= 15 is 0 Å². The number of benzene rings is 1. The van der Waals surface area contributed by atoms with Crippen molar-refractivity contribution in [2.45, 2.75) is 38.4 Å². The molecule has 5 heteroatoms. The third kappa shape index (κ3) is 3.44. The average Bonchev–Trinajstić information content (AvgIpc) is 3.32. The first-order valence-corrected chi connectivity index (χ1v) is 10.1. The fourth-order valence-electron chi connectivity index (χ4n) is 5.43. The first-order valence-electron chi connectivity index (χ1n) is 10.1. The smallest absolute Gasteiger partial charge is 0.125 e. The topological polar surface area (TPSA) is 53.3 Å². The van der Waals surface area contributed by atoms with Crippen LogP contribution in [0.1, 0.15) is 37.7 Å². The summed E-state index contributed by atoms with van der Waals surface area (Å²) in [5, 5.41) is 14.3. The van der Waals surface area contributed by atoms with Crippen molar-refractivity contribution in [1.29, 1.82) is 0 Å². The summed E-state index contributed by atoms with van der Waals surface area (Å²) in [5.74, 6) is 2.54. The van der Waals surface area contributed by atoms with Gasteiger partial charge in [-0.25, -0.2) is 4.98 Å². The van der Waals surface area contributed by atoms with Crippen molar-refractivity contribution in [2.75, 3.05) is 19.7 Å². The van der Waals surface area contributed by atoms with Crippen LogP contribution in [0.15, 0.2) is 42.7 Å². The number of fused-ring (bicyclic) bond motifs is 1. The van der Waals surface area contributed by atoms with Gasteiger partial charge in [0.05, 0.1) is 12.6 Å². The van der Waals surface area contributed by atoms with Crippen molar-refractivity contribution in [3.05, 3.63) is 54.1 Å². The molecule has 2 fully saturated rings. The summed E-state index contributed by atoms with van der Waals surface area (Å²) in [5.41, 5.74) is 1.14. The average molecular weight is 369 g/mol. The van der Waals surface area contributed by atoms with E-state index in [1.807, 2.05) is 12.4 Å². The van der Waals surface area contributed by atoms with Crippen molar-refractivity contribution in [2.24, 2.45) is 24.8 Å². The zero-order chi connectivity index (χ0) is 19.0. The monoisotopic (exact) mass is 368 g/mol.